The van der Waals surface area contributed by atoms with Crippen molar-refractivity contribution in [3.8, 4) is 0 Å². The van der Waals surface area contributed by atoms with Gasteiger partial charge in [0.05, 0.1) is 17.1 Å². The van der Waals surface area contributed by atoms with E-state index >= 15 is 0 Å². The molecular weight excluding hydrogens is 420 g/mol. The highest BCUT2D eigenvalue weighted by Gasteiger charge is 2.23. The fourth-order valence-corrected chi connectivity index (χ4v) is 4.31. The minimum absolute atomic E-state index is 0.107. The minimum Gasteiger partial charge on any atom is -0.397 e. The maximum Gasteiger partial charge on any atom is 0.251 e. The summed E-state index contributed by atoms with van der Waals surface area (Å²) in [6, 6.07) is 8.62. The molecule has 5 heteroatoms. The number of nitrogens with one attached hydrogen (secondary N) is 1. The van der Waals surface area contributed by atoms with Crippen LogP contribution in [0.4, 0.5) is 0 Å². The highest BCUT2D eigenvalue weighted by atomic mass is 16.1. The highest BCUT2D eigenvalue weighted by Crippen LogP contribution is 2.39. The van der Waals surface area contributed by atoms with Crippen LogP contribution in [-0.2, 0) is 0 Å². The fraction of sp³-hybridized carbons (Fsp3) is 0.552. The van der Waals surface area contributed by atoms with E-state index in [4.69, 9.17) is 5.73 Å². The van der Waals surface area contributed by atoms with Crippen LogP contribution in [0.25, 0.3) is 5.70 Å². The second-order valence-corrected chi connectivity index (χ2v) is 9.50. The van der Waals surface area contributed by atoms with Gasteiger partial charge in [-0.2, -0.15) is 0 Å². The summed E-state index contributed by atoms with van der Waals surface area (Å²) in [5.74, 6) is 1.67. The fourth-order valence-electron chi connectivity index (χ4n) is 4.31. The average Bonchev–Trinajstić information content (AvgIpc) is 3.66. The van der Waals surface area contributed by atoms with Crippen LogP contribution in [0.3, 0.4) is 0 Å². The van der Waals surface area contributed by atoms with Crippen LogP contribution >= 0.6 is 0 Å². The smallest absolute Gasteiger partial charge is 0.251 e. The predicted molar refractivity (Wildman–Crippen MR) is 143 cm³/mol. The van der Waals surface area contributed by atoms with E-state index in [0.29, 0.717) is 17.4 Å². The second-order valence-electron chi connectivity index (χ2n) is 9.50. The van der Waals surface area contributed by atoms with Crippen molar-refractivity contribution in [2.24, 2.45) is 11.7 Å². The Morgan fingerprint density at radius 3 is 2.24 bits per heavy atom. The second kappa shape index (κ2) is 13.9. The van der Waals surface area contributed by atoms with Crippen molar-refractivity contribution in [2.45, 2.75) is 97.9 Å². The van der Waals surface area contributed by atoms with Crippen molar-refractivity contribution in [2.75, 3.05) is 0 Å². The van der Waals surface area contributed by atoms with Crippen LogP contribution in [-0.4, -0.2) is 21.9 Å². The lowest BCUT2D eigenvalue weighted by molar-refractivity contribution is 0.0928. The number of benzene rings is 1. The standard InChI is InChI=1S/C19H27NO.C8H11N3.C2H6/c1-14-4-2-3-5-18(13-6-14)20-19(21)17-11-9-16(10-12-17)15-7-8-15;1-5-4-10-8(6(2)9)7(3)11-5;1-2/h9-12,14-15,18H,2-8,13H2,1H3,(H,20,21);4H,2,9H2,1,3H3;1-2H3. The Bertz CT molecular complexity index is 918. The molecule has 1 aromatic heterocycles. The zero-order chi connectivity index (χ0) is 25.1. The summed E-state index contributed by atoms with van der Waals surface area (Å²) in [4.78, 5) is 20.7. The molecule has 4 rings (SSSR count). The first-order valence-corrected chi connectivity index (χ1v) is 13.0. The molecule has 34 heavy (non-hydrogen) atoms. The van der Waals surface area contributed by atoms with Crippen LogP contribution in [0.5, 0.6) is 0 Å². The van der Waals surface area contributed by atoms with Gasteiger partial charge in [-0.15, -0.1) is 0 Å². The molecule has 5 nitrogen and oxygen atoms in total. The molecule has 2 saturated carbocycles. The Morgan fingerprint density at radius 1 is 1.00 bits per heavy atom. The molecule has 0 radical (unpaired) electrons. The SMILES string of the molecule is C=C(N)c1ncc(C)nc1C.CC.CC1CCCCC(NC(=O)c2ccc(C3CC3)cc2)CC1. The Kier molecular flexibility index (Phi) is 11.2. The first-order chi connectivity index (χ1) is 16.3. The van der Waals surface area contributed by atoms with Gasteiger partial charge >= 0.3 is 0 Å². The summed E-state index contributed by atoms with van der Waals surface area (Å²) in [5, 5.41) is 3.25. The average molecular weight is 465 g/mol. The monoisotopic (exact) mass is 464 g/mol. The lowest BCUT2D eigenvalue weighted by atomic mass is 9.90. The van der Waals surface area contributed by atoms with Gasteiger partial charge in [-0.25, -0.2) is 0 Å². The number of hydrogen-bond donors (Lipinski definition) is 2. The third-order valence-corrected chi connectivity index (χ3v) is 6.44. The molecule has 2 aliphatic rings. The van der Waals surface area contributed by atoms with Crippen LogP contribution < -0.4 is 11.1 Å². The highest BCUT2D eigenvalue weighted by molar-refractivity contribution is 5.94. The van der Waals surface area contributed by atoms with Crippen LogP contribution in [0.2, 0.25) is 0 Å². The van der Waals surface area contributed by atoms with Gasteiger partial charge in [0.15, 0.2) is 0 Å². The summed E-state index contributed by atoms with van der Waals surface area (Å²) < 4.78 is 0. The minimum atomic E-state index is 0.107. The Morgan fingerprint density at radius 2 is 1.65 bits per heavy atom. The topological polar surface area (TPSA) is 80.9 Å². The number of amides is 1. The van der Waals surface area contributed by atoms with Gasteiger partial charge in [-0.05, 0) is 75.5 Å². The number of carbonyl (C=O) groups is 1. The Balaban J connectivity index is 0.000000266. The normalized spacial score (nSPS) is 19.8. The van der Waals surface area contributed by atoms with E-state index in [1.165, 1.54) is 44.1 Å². The number of carbonyl (C=O) groups excluding carboxylic acids is 1. The number of nitrogens with two attached hydrogens (primary N) is 1. The number of nitrogens with zero attached hydrogens (tertiary/aromatic N) is 2. The third-order valence-electron chi connectivity index (χ3n) is 6.44. The van der Waals surface area contributed by atoms with Crippen LogP contribution in [0.1, 0.15) is 111 Å². The molecule has 2 aromatic rings. The number of aromatic nitrogens is 2. The largest absolute Gasteiger partial charge is 0.397 e. The molecule has 2 fully saturated rings. The number of hydrogen-bond acceptors (Lipinski definition) is 4. The zero-order valence-corrected chi connectivity index (χ0v) is 21.9. The molecule has 1 aromatic carbocycles. The van der Waals surface area contributed by atoms with Crippen molar-refractivity contribution in [1.82, 2.24) is 15.3 Å². The predicted octanol–water partition coefficient (Wildman–Crippen LogP) is 6.70. The molecule has 1 heterocycles. The summed E-state index contributed by atoms with van der Waals surface area (Å²) in [6.07, 6.45) is 11.7. The lowest BCUT2D eigenvalue weighted by Gasteiger charge is -2.24. The van der Waals surface area contributed by atoms with Gasteiger partial charge in [0, 0.05) is 17.8 Å². The molecular formula is C29H44N4O. The maximum atomic E-state index is 12.4. The van der Waals surface area contributed by atoms with Crippen LogP contribution in [0, 0.1) is 19.8 Å². The first kappa shape index (κ1) is 27.6. The van der Waals surface area contributed by atoms with Crippen molar-refractivity contribution in [3.63, 3.8) is 0 Å². The Labute approximate surface area is 206 Å². The first-order valence-electron chi connectivity index (χ1n) is 13.0. The van der Waals surface area contributed by atoms with E-state index in [9.17, 15) is 4.79 Å². The van der Waals surface area contributed by atoms with Gasteiger partial charge in [0.1, 0.15) is 5.69 Å². The maximum absolute atomic E-state index is 12.4. The molecule has 1 amide bonds. The summed E-state index contributed by atoms with van der Waals surface area (Å²) in [6.45, 7) is 13.7. The number of aryl methyl sites for hydroxylation is 2. The quantitative estimate of drug-likeness (QED) is 0.527. The van der Waals surface area contributed by atoms with E-state index in [-0.39, 0.29) is 5.91 Å². The van der Waals surface area contributed by atoms with Gasteiger partial charge in [0.2, 0.25) is 0 Å². The van der Waals surface area contributed by atoms with Crippen molar-refractivity contribution in [3.05, 3.63) is 65.2 Å². The van der Waals surface area contributed by atoms with E-state index in [1.807, 2.05) is 39.8 Å². The molecule has 186 valence electrons. The van der Waals surface area contributed by atoms with Crippen molar-refractivity contribution < 1.29 is 4.79 Å². The van der Waals surface area contributed by atoms with E-state index < -0.39 is 0 Å². The van der Waals surface area contributed by atoms with Gasteiger partial charge in [-0.1, -0.05) is 58.7 Å². The molecule has 0 spiro atoms. The molecule has 2 unspecified atom stereocenters. The van der Waals surface area contributed by atoms with Gasteiger partial charge in [0.25, 0.3) is 5.91 Å². The van der Waals surface area contributed by atoms with Crippen molar-refractivity contribution in [1.29, 1.82) is 0 Å². The summed E-state index contributed by atoms with van der Waals surface area (Å²) >= 11 is 0. The van der Waals surface area contributed by atoms with E-state index in [0.717, 1.165) is 41.6 Å². The summed E-state index contributed by atoms with van der Waals surface area (Å²) in [5.41, 5.74) is 10.6. The van der Waals surface area contributed by atoms with E-state index in [1.54, 1.807) is 6.20 Å². The van der Waals surface area contributed by atoms with Crippen LogP contribution in [0.15, 0.2) is 37.0 Å². The molecule has 0 bridgehead atoms. The molecule has 2 aliphatic carbocycles. The molecule has 0 aliphatic heterocycles. The molecule has 0 saturated heterocycles. The van der Waals surface area contributed by atoms with Crippen molar-refractivity contribution >= 4 is 11.6 Å². The third kappa shape index (κ3) is 8.92. The number of rotatable bonds is 4. The van der Waals surface area contributed by atoms with Gasteiger partial charge < -0.3 is 11.1 Å². The Hall–Kier alpha value is -2.69. The zero-order valence-electron chi connectivity index (χ0n) is 21.9. The lowest BCUT2D eigenvalue weighted by Crippen LogP contribution is -2.35. The van der Waals surface area contributed by atoms with Gasteiger partial charge in [-0.3, -0.25) is 14.8 Å². The molecule has 3 N–H and O–H groups in total. The molecule has 2 atom stereocenters. The van der Waals surface area contributed by atoms with E-state index in [2.05, 4.69) is 40.9 Å². The summed E-state index contributed by atoms with van der Waals surface area (Å²) in [7, 11) is 0.